The Balaban J connectivity index is 1.94. The number of rotatable bonds is 3. The molecule has 5 nitrogen and oxygen atoms in total. The number of aromatic nitrogens is 2. The van der Waals surface area contributed by atoms with Crippen molar-refractivity contribution in [3.05, 3.63) is 18.0 Å². The fourth-order valence-corrected chi connectivity index (χ4v) is 2.03. The average Bonchev–Trinajstić information content (AvgIpc) is 2.37. The number of nitrogens with one attached hydrogen (secondary N) is 2. The summed E-state index contributed by atoms with van der Waals surface area (Å²) in [5, 5.41) is 6.08. The Hall–Kier alpha value is -1.41. The van der Waals surface area contributed by atoms with E-state index in [0.29, 0.717) is 13.1 Å². The molecule has 2 N–H and O–H groups in total. The summed E-state index contributed by atoms with van der Waals surface area (Å²) in [4.78, 5) is 7.24. The number of morpholine rings is 1. The zero-order chi connectivity index (χ0) is 14.8. The van der Waals surface area contributed by atoms with Crippen LogP contribution in [0.4, 0.5) is 19.1 Å². The Kier molecular flexibility index (Phi) is 4.44. The SMILES string of the molecule is C[C@@H]1O[C@@H](C)CN[C@@H]1CNc1nccc(C(F)(F)F)n1. The minimum absolute atomic E-state index is 0.00402. The molecule has 0 bridgehead atoms. The van der Waals surface area contributed by atoms with Crippen molar-refractivity contribution >= 4 is 5.95 Å². The topological polar surface area (TPSA) is 59.1 Å². The maximum atomic E-state index is 12.5. The largest absolute Gasteiger partial charge is 0.433 e. The van der Waals surface area contributed by atoms with Gasteiger partial charge in [-0.3, -0.25) is 0 Å². The number of nitrogens with zero attached hydrogens (tertiary/aromatic N) is 2. The number of hydrogen-bond acceptors (Lipinski definition) is 5. The van der Waals surface area contributed by atoms with Crippen LogP contribution in [0.5, 0.6) is 0 Å². The van der Waals surface area contributed by atoms with E-state index in [4.69, 9.17) is 4.74 Å². The van der Waals surface area contributed by atoms with E-state index < -0.39 is 11.9 Å². The number of halogens is 3. The van der Waals surface area contributed by atoms with Crippen LogP contribution in [0, 0.1) is 0 Å². The fourth-order valence-electron chi connectivity index (χ4n) is 2.03. The van der Waals surface area contributed by atoms with Crippen LogP contribution in [0.15, 0.2) is 12.3 Å². The summed E-state index contributed by atoms with van der Waals surface area (Å²) < 4.78 is 43.2. The van der Waals surface area contributed by atoms with Gasteiger partial charge in [0, 0.05) is 19.3 Å². The van der Waals surface area contributed by atoms with E-state index >= 15 is 0 Å². The van der Waals surface area contributed by atoms with Crippen LogP contribution < -0.4 is 10.6 Å². The maximum Gasteiger partial charge on any atom is 0.433 e. The highest BCUT2D eigenvalue weighted by atomic mass is 19.4. The lowest BCUT2D eigenvalue weighted by molar-refractivity contribution is -0.141. The van der Waals surface area contributed by atoms with Gasteiger partial charge in [-0.05, 0) is 19.9 Å². The number of alkyl halides is 3. The van der Waals surface area contributed by atoms with Gasteiger partial charge in [-0.2, -0.15) is 13.2 Å². The molecule has 20 heavy (non-hydrogen) atoms. The molecule has 2 rings (SSSR count). The third-order valence-electron chi connectivity index (χ3n) is 3.11. The molecule has 1 aromatic heterocycles. The molecule has 1 fully saturated rings. The van der Waals surface area contributed by atoms with Gasteiger partial charge in [-0.1, -0.05) is 0 Å². The minimum Gasteiger partial charge on any atom is -0.373 e. The van der Waals surface area contributed by atoms with E-state index in [0.717, 1.165) is 12.3 Å². The van der Waals surface area contributed by atoms with Crippen LogP contribution in [-0.2, 0) is 10.9 Å². The Morgan fingerprint density at radius 2 is 2.20 bits per heavy atom. The monoisotopic (exact) mass is 290 g/mol. The molecule has 1 saturated heterocycles. The van der Waals surface area contributed by atoms with Crippen molar-refractivity contribution in [2.45, 2.75) is 38.3 Å². The highest BCUT2D eigenvalue weighted by molar-refractivity contribution is 5.26. The third kappa shape index (κ3) is 3.80. The highest BCUT2D eigenvalue weighted by Crippen LogP contribution is 2.27. The van der Waals surface area contributed by atoms with Crippen LogP contribution in [0.3, 0.4) is 0 Å². The molecule has 112 valence electrons. The predicted molar refractivity (Wildman–Crippen MR) is 67.3 cm³/mol. The third-order valence-corrected chi connectivity index (χ3v) is 3.11. The normalized spacial score (nSPS) is 27.4. The van der Waals surface area contributed by atoms with E-state index in [1.165, 1.54) is 0 Å². The summed E-state index contributed by atoms with van der Waals surface area (Å²) in [6.45, 7) is 4.99. The lowest BCUT2D eigenvalue weighted by Crippen LogP contribution is -2.53. The van der Waals surface area contributed by atoms with Gasteiger partial charge in [-0.15, -0.1) is 0 Å². The van der Waals surface area contributed by atoms with Crippen LogP contribution in [0.25, 0.3) is 0 Å². The highest BCUT2D eigenvalue weighted by Gasteiger charge is 2.33. The van der Waals surface area contributed by atoms with Gasteiger partial charge in [-0.25, -0.2) is 9.97 Å². The van der Waals surface area contributed by atoms with Gasteiger partial charge in [0.05, 0.1) is 18.2 Å². The smallest absolute Gasteiger partial charge is 0.373 e. The first kappa shape index (κ1) is 15.0. The van der Waals surface area contributed by atoms with Crippen molar-refractivity contribution in [2.75, 3.05) is 18.4 Å². The molecule has 0 radical (unpaired) electrons. The number of hydrogen-bond donors (Lipinski definition) is 2. The standard InChI is InChI=1S/C12H17F3N4O/c1-7-5-17-9(8(2)20-7)6-18-11-16-4-3-10(19-11)12(13,14)15/h3-4,7-9,17H,5-6H2,1-2H3,(H,16,18,19)/t7-,8-,9+/m0/s1. The zero-order valence-electron chi connectivity index (χ0n) is 11.2. The van der Waals surface area contributed by atoms with Gasteiger partial charge < -0.3 is 15.4 Å². The molecule has 0 aliphatic carbocycles. The number of anilines is 1. The molecule has 0 spiro atoms. The van der Waals surface area contributed by atoms with Crippen molar-refractivity contribution < 1.29 is 17.9 Å². The Morgan fingerprint density at radius 1 is 1.45 bits per heavy atom. The van der Waals surface area contributed by atoms with Crippen molar-refractivity contribution in [3.63, 3.8) is 0 Å². The minimum atomic E-state index is -4.46. The molecule has 2 heterocycles. The van der Waals surface area contributed by atoms with Gasteiger partial charge in [0.25, 0.3) is 0 Å². The van der Waals surface area contributed by atoms with Crippen LogP contribution in [0.1, 0.15) is 19.5 Å². The first-order valence-corrected chi connectivity index (χ1v) is 6.39. The molecule has 1 aliphatic heterocycles. The maximum absolute atomic E-state index is 12.5. The molecule has 3 atom stereocenters. The van der Waals surface area contributed by atoms with E-state index in [1.807, 2.05) is 13.8 Å². The Labute approximate surface area is 114 Å². The zero-order valence-corrected chi connectivity index (χ0v) is 11.2. The second kappa shape index (κ2) is 5.92. The Morgan fingerprint density at radius 3 is 2.85 bits per heavy atom. The summed E-state index contributed by atoms with van der Waals surface area (Å²) in [6, 6.07) is 0.849. The summed E-state index contributed by atoms with van der Waals surface area (Å²) in [7, 11) is 0. The van der Waals surface area contributed by atoms with Crippen LogP contribution >= 0.6 is 0 Å². The van der Waals surface area contributed by atoms with Crippen LogP contribution in [-0.4, -0.2) is 41.3 Å². The van der Waals surface area contributed by atoms with Crippen molar-refractivity contribution in [1.29, 1.82) is 0 Å². The molecule has 1 aliphatic rings. The molecular weight excluding hydrogens is 273 g/mol. The van der Waals surface area contributed by atoms with Crippen LogP contribution in [0.2, 0.25) is 0 Å². The van der Waals surface area contributed by atoms with Crippen molar-refractivity contribution in [1.82, 2.24) is 15.3 Å². The fraction of sp³-hybridized carbons (Fsp3) is 0.667. The lowest BCUT2D eigenvalue weighted by Gasteiger charge is -2.34. The molecule has 1 aromatic rings. The van der Waals surface area contributed by atoms with Crippen molar-refractivity contribution in [2.24, 2.45) is 0 Å². The molecule has 0 amide bonds. The number of ether oxygens (including phenoxy) is 1. The second-order valence-electron chi connectivity index (χ2n) is 4.81. The second-order valence-corrected chi connectivity index (χ2v) is 4.81. The van der Waals surface area contributed by atoms with E-state index in [1.54, 1.807) is 0 Å². The average molecular weight is 290 g/mol. The lowest BCUT2D eigenvalue weighted by atomic mass is 10.1. The van der Waals surface area contributed by atoms with Crippen molar-refractivity contribution in [3.8, 4) is 0 Å². The summed E-state index contributed by atoms with van der Waals surface area (Å²) >= 11 is 0. The Bertz CT molecular complexity index is 455. The molecule has 8 heteroatoms. The molecule has 0 unspecified atom stereocenters. The summed E-state index contributed by atoms with van der Waals surface area (Å²) in [5.74, 6) is -0.0348. The van der Waals surface area contributed by atoms with E-state index in [9.17, 15) is 13.2 Å². The summed E-state index contributed by atoms with van der Waals surface area (Å²) in [6.07, 6.45) is -3.27. The molecule has 0 aromatic carbocycles. The summed E-state index contributed by atoms with van der Waals surface area (Å²) in [5.41, 5.74) is -0.954. The molecular formula is C12H17F3N4O. The molecule has 0 saturated carbocycles. The first-order valence-electron chi connectivity index (χ1n) is 6.39. The van der Waals surface area contributed by atoms with Gasteiger partial charge in [0.2, 0.25) is 5.95 Å². The van der Waals surface area contributed by atoms with E-state index in [-0.39, 0.29) is 24.2 Å². The van der Waals surface area contributed by atoms with E-state index in [2.05, 4.69) is 20.6 Å². The van der Waals surface area contributed by atoms with Gasteiger partial charge in [0.15, 0.2) is 0 Å². The predicted octanol–water partition coefficient (Wildman–Crippen LogP) is 1.67. The quantitative estimate of drug-likeness (QED) is 0.887. The van der Waals surface area contributed by atoms with Gasteiger partial charge >= 0.3 is 6.18 Å². The first-order chi connectivity index (χ1) is 9.36. The van der Waals surface area contributed by atoms with Gasteiger partial charge in [0.1, 0.15) is 5.69 Å².